The fourth-order valence-electron chi connectivity index (χ4n) is 4.13. The summed E-state index contributed by atoms with van der Waals surface area (Å²) < 4.78 is 0. The number of carbonyl (C=O) groups excluding carboxylic acids is 3. The molecule has 1 atom stereocenters. The van der Waals surface area contributed by atoms with Crippen molar-refractivity contribution in [3.05, 3.63) is 35.4 Å². The third-order valence-electron chi connectivity index (χ3n) is 5.72. The lowest BCUT2D eigenvalue weighted by molar-refractivity contribution is -0.138. The second kappa shape index (κ2) is 8.21. The lowest BCUT2D eigenvalue weighted by Crippen LogP contribution is -2.54. The van der Waals surface area contributed by atoms with Crippen LogP contribution in [0.3, 0.4) is 0 Å². The number of nitrogens with one attached hydrogen (secondary N) is 1. The number of nitrogens with zero attached hydrogens (tertiary/aromatic N) is 2. The SMILES string of the molecule is CNCCC1CCN(C(=O)C(C(C)C)N2C(=O)c3ccccc3C2=O)CC1. The molecule has 0 aliphatic carbocycles. The first-order chi connectivity index (χ1) is 13.0. The maximum atomic E-state index is 13.3. The van der Waals surface area contributed by atoms with Crippen LogP contribution in [0.2, 0.25) is 0 Å². The van der Waals surface area contributed by atoms with Crippen LogP contribution in [0.4, 0.5) is 0 Å². The van der Waals surface area contributed by atoms with Gasteiger partial charge in [-0.25, -0.2) is 0 Å². The molecule has 0 aromatic heterocycles. The van der Waals surface area contributed by atoms with Gasteiger partial charge < -0.3 is 10.2 Å². The number of piperidine rings is 1. The highest BCUT2D eigenvalue weighted by Gasteiger charge is 2.45. The molecular weight excluding hydrogens is 342 g/mol. The number of hydrogen-bond donors (Lipinski definition) is 1. The van der Waals surface area contributed by atoms with Gasteiger partial charge in [0.1, 0.15) is 6.04 Å². The first kappa shape index (κ1) is 19.5. The van der Waals surface area contributed by atoms with E-state index in [1.165, 1.54) is 4.90 Å². The van der Waals surface area contributed by atoms with Gasteiger partial charge in [0.2, 0.25) is 5.91 Å². The molecule has 1 aromatic rings. The van der Waals surface area contributed by atoms with Gasteiger partial charge in [-0.15, -0.1) is 0 Å². The van der Waals surface area contributed by atoms with Crippen LogP contribution in [0.5, 0.6) is 0 Å². The predicted octanol–water partition coefficient (Wildman–Crippen LogP) is 2.16. The lowest BCUT2D eigenvalue weighted by Gasteiger charge is -2.37. The van der Waals surface area contributed by atoms with Crippen molar-refractivity contribution in [2.24, 2.45) is 11.8 Å². The van der Waals surface area contributed by atoms with Gasteiger partial charge >= 0.3 is 0 Å². The minimum atomic E-state index is -0.744. The number of likely N-dealkylation sites (tertiary alicyclic amines) is 1. The van der Waals surface area contributed by atoms with Gasteiger partial charge in [0, 0.05) is 13.1 Å². The van der Waals surface area contributed by atoms with Crippen LogP contribution in [-0.2, 0) is 4.79 Å². The molecule has 6 heteroatoms. The zero-order valence-electron chi connectivity index (χ0n) is 16.4. The molecule has 2 aliphatic heterocycles. The maximum Gasteiger partial charge on any atom is 0.262 e. The summed E-state index contributed by atoms with van der Waals surface area (Å²) in [6.07, 6.45) is 3.06. The quantitative estimate of drug-likeness (QED) is 0.778. The Hall–Kier alpha value is -2.21. The fourth-order valence-corrected chi connectivity index (χ4v) is 4.13. The molecule has 1 unspecified atom stereocenters. The average molecular weight is 371 g/mol. The van der Waals surface area contributed by atoms with Crippen LogP contribution in [0.15, 0.2) is 24.3 Å². The Kier molecular flexibility index (Phi) is 5.95. The van der Waals surface area contributed by atoms with Crippen molar-refractivity contribution in [3.8, 4) is 0 Å². The van der Waals surface area contributed by atoms with Crippen molar-refractivity contribution in [2.75, 3.05) is 26.7 Å². The smallest absolute Gasteiger partial charge is 0.262 e. The number of rotatable bonds is 6. The molecule has 1 aromatic carbocycles. The van der Waals surface area contributed by atoms with Gasteiger partial charge in [0.05, 0.1) is 11.1 Å². The largest absolute Gasteiger partial charge is 0.341 e. The minimum Gasteiger partial charge on any atom is -0.341 e. The molecule has 1 N–H and O–H groups in total. The van der Waals surface area contributed by atoms with Gasteiger partial charge in [-0.3, -0.25) is 19.3 Å². The molecule has 2 aliphatic rings. The summed E-state index contributed by atoms with van der Waals surface area (Å²) in [5.74, 6) is -0.329. The van der Waals surface area contributed by atoms with E-state index >= 15 is 0 Å². The Morgan fingerprint density at radius 1 is 1.11 bits per heavy atom. The Morgan fingerprint density at radius 2 is 1.67 bits per heavy atom. The van der Waals surface area contributed by atoms with Crippen molar-refractivity contribution in [2.45, 2.75) is 39.2 Å². The standard InChI is InChI=1S/C21H29N3O3/c1-14(2)18(21(27)23-12-9-15(10-13-23)8-11-22-3)24-19(25)16-6-4-5-7-17(16)20(24)26/h4-7,14-15,18,22H,8-13H2,1-3H3. The highest BCUT2D eigenvalue weighted by atomic mass is 16.2. The molecule has 3 amide bonds. The molecule has 0 spiro atoms. The summed E-state index contributed by atoms with van der Waals surface area (Å²) in [5.41, 5.74) is 0.790. The summed E-state index contributed by atoms with van der Waals surface area (Å²) in [6, 6.07) is 6.06. The number of benzene rings is 1. The lowest BCUT2D eigenvalue weighted by atomic mass is 9.92. The maximum absolute atomic E-state index is 13.3. The first-order valence-electron chi connectivity index (χ1n) is 9.86. The van der Waals surface area contributed by atoms with Crippen LogP contribution < -0.4 is 5.32 Å². The van der Waals surface area contributed by atoms with Crippen molar-refractivity contribution in [1.82, 2.24) is 15.1 Å². The molecule has 27 heavy (non-hydrogen) atoms. The van der Waals surface area contributed by atoms with E-state index in [1.54, 1.807) is 24.3 Å². The van der Waals surface area contributed by atoms with Crippen molar-refractivity contribution in [1.29, 1.82) is 0 Å². The van der Waals surface area contributed by atoms with Crippen molar-refractivity contribution < 1.29 is 14.4 Å². The Balaban J connectivity index is 1.74. The zero-order valence-corrected chi connectivity index (χ0v) is 16.4. The number of hydrogen-bond acceptors (Lipinski definition) is 4. The van der Waals surface area contributed by atoms with E-state index in [0.717, 1.165) is 25.8 Å². The van der Waals surface area contributed by atoms with E-state index in [0.29, 0.717) is 30.1 Å². The number of carbonyl (C=O) groups is 3. The van der Waals surface area contributed by atoms with Crippen molar-refractivity contribution in [3.63, 3.8) is 0 Å². The minimum absolute atomic E-state index is 0.105. The second-order valence-electron chi connectivity index (χ2n) is 7.88. The van der Waals surface area contributed by atoms with Crippen molar-refractivity contribution >= 4 is 17.7 Å². The van der Waals surface area contributed by atoms with Crippen LogP contribution >= 0.6 is 0 Å². The van der Waals surface area contributed by atoms with Gasteiger partial charge in [-0.05, 0) is 56.8 Å². The second-order valence-corrected chi connectivity index (χ2v) is 7.88. The van der Waals surface area contributed by atoms with Crippen LogP contribution in [0.25, 0.3) is 0 Å². The molecule has 0 bridgehead atoms. The molecule has 146 valence electrons. The first-order valence-corrected chi connectivity index (χ1v) is 9.86. The molecule has 1 fully saturated rings. The summed E-state index contributed by atoms with van der Waals surface area (Å²) >= 11 is 0. The number of imide groups is 1. The molecule has 0 saturated carbocycles. The van der Waals surface area contributed by atoms with E-state index < -0.39 is 6.04 Å². The third-order valence-corrected chi connectivity index (χ3v) is 5.72. The number of fused-ring (bicyclic) bond motifs is 1. The monoisotopic (exact) mass is 371 g/mol. The molecule has 2 heterocycles. The average Bonchev–Trinajstić information content (AvgIpc) is 2.92. The molecule has 6 nitrogen and oxygen atoms in total. The predicted molar refractivity (Wildman–Crippen MR) is 103 cm³/mol. The number of amides is 3. The molecule has 1 saturated heterocycles. The normalized spacial score (nSPS) is 19.0. The van der Waals surface area contributed by atoms with E-state index in [2.05, 4.69) is 5.32 Å². The van der Waals surface area contributed by atoms with E-state index in [1.807, 2.05) is 25.8 Å². The summed E-state index contributed by atoms with van der Waals surface area (Å²) in [7, 11) is 1.95. The molecule has 0 radical (unpaired) electrons. The highest BCUT2D eigenvalue weighted by molar-refractivity contribution is 6.22. The van der Waals surface area contributed by atoms with Crippen LogP contribution in [0, 0.1) is 11.8 Å². The van der Waals surface area contributed by atoms with E-state index in [4.69, 9.17) is 0 Å². The van der Waals surface area contributed by atoms with Gasteiger partial charge in [0.15, 0.2) is 0 Å². The van der Waals surface area contributed by atoms with Gasteiger partial charge in [-0.1, -0.05) is 26.0 Å². The Labute approximate surface area is 160 Å². The van der Waals surface area contributed by atoms with Gasteiger partial charge in [-0.2, -0.15) is 0 Å². The zero-order chi connectivity index (χ0) is 19.6. The fraction of sp³-hybridized carbons (Fsp3) is 0.571. The molecule has 3 rings (SSSR count). The summed E-state index contributed by atoms with van der Waals surface area (Å²) in [6.45, 7) is 6.17. The topological polar surface area (TPSA) is 69.7 Å². The summed E-state index contributed by atoms with van der Waals surface area (Å²) in [4.78, 5) is 42.0. The van der Waals surface area contributed by atoms with E-state index in [9.17, 15) is 14.4 Å². The van der Waals surface area contributed by atoms with Gasteiger partial charge in [0.25, 0.3) is 11.8 Å². The Morgan fingerprint density at radius 3 is 2.15 bits per heavy atom. The molecular formula is C21H29N3O3. The third kappa shape index (κ3) is 3.76. The highest BCUT2D eigenvalue weighted by Crippen LogP contribution is 2.29. The summed E-state index contributed by atoms with van der Waals surface area (Å²) in [5, 5.41) is 3.18. The van der Waals surface area contributed by atoms with Crippen LogP contribution in [-0.4, -0.2) is 60.2 Å². The van der Waals surface area contributed by atoms with E-state index in [-0.39, 0.29) is 23.6 Å². The van der Waals surface area contributed by atoms with Crippen LogP contribution in [0.1, 0.15) is 53.8 Å². The Bertz CT molecular complexity index is 688.